The van der Waals surface area contributed by atoms with Crippen LogP contribution >= 0.6 is 11.6 Å². The zero-order chi connectivity index (χ0) is 31.6. The molecule has 2 atom stereocenters. The number of anilines is 2. The second-order valence-corrected chi connectivity index (χ2v) is 15.2. The molecule has 7 heterocycles. The Morgan fingerprint density at radius 3 is 2.52 bits per heavy atom. The number of amides is 1. The van der Waals surface area contributed by atoms with Crippen molar-refractivity contribution in [1.29, 1.82) is 0 Å². The van der Waals surface area contributed by atoms with E-state index < -0.39 is 5.60 Å². The van der Waals surface area contributed by atoms with E-state index in [4.69, 9.17) is 31.0 Å². The highest BCUT2D eigenvalue weighted by atomic mass is 35.5. The van der Waals surface area contributed by atoms with Crippen LogP contribution in [0.3, 0.4) is 0 Å². The van der Waals surface area contributed by atoms with Crippen LogP contribution in [0.5, 0.6) is 6.01 Å². The molecular formula is C35H44ClN7O3. The summed E-state index contributed by atoms with van der Waals surface area (Å²) in [6.45, 7) is 11.6. The van der Waals surface area contributed by atoms with E-state index in [1.165, 1.54) is 31.2 Å². The number of carbonyl (C=O) groups is 1. The van der Waals surface area contributed by atoms with Crippen LogP contribution in [0.1, 0.15) is 70.6 Å². The van der Waals surface area contributed by atoms with E-state index in [0.29, 0.717) is 19.2 Å². The average Bonchev–Trinajstić information content (AvgIpc) is 3.69. The minimum atomic E-state index is -0.519. The van der Waals surface area contributed by atoms with Gasteiger partial charge in [0.05, 0.1) is 46.8 Å². The minimum Gasteiger partial charge on any atom is -0.461 e. The summed E-state index contributed by atoms with van der Waals surface area (Å²) in [5.74, 6) is 0.960. The number of halogens is 1. The molecule has 0 saturated carbocycles. The summed E-state index contributed by atoms with van der Waals surface area (Å²) < 4.78 is 12.4. The smallest absolute Gasteiger partial charge is 0.410 e. The van der Waals surface area contributed by atoms with Crippen LogP contribution in [-0.2, 0) is 17.7 Å². The molecule has 0 unspecified atom stereocenters. The summed E-state index contributed by atoms with van der Waals surface area (Å²) in [5, 5.41) is 2.77. The predicted molar refractivity (Wildman–Crippen MR) is 179 cm³/mol. The highest BCUT2D eigenvalue weighted by Crippen LogP contribution is 2.41. The number of aromatic nitrogens is 3. The van der Waals surface area contributed by atoms with Gasteiger partial charge in [0.15, 0.2) is 0 Å². The van der Waals surface area contributed by atoms with Gasteiger partial charge in [0.1, 0.15) is 18.0 Å². The van der Waals surface area contributed by atoms with E-state index in [-0.39, 0.29) is 23.7 Å². The van der Waals surface area contributed by atoms with Gasteiger partial charge in [0.25, 0.3) is 0 Å². The van der Waals surface area contributed by atoms with E-state index in [1.54, 1.807) is 0 Å². The maximum absolute atomic E-state index is 13.2. The standard InChI is InChI=1S/C35H44ClN7O3/c1-34(2,3)46-33(44)43-24-9-10-25(43)20-41(19-24)31-26-11-16-40(29-18-37-17-23-7-4-8-27(36)30(23)29)21-28(26)38-32(39-31)45-22-35-12-5-14-42(35)15-6-13-35/h4,7-8,17-18,24-25H,5-6,9-16,19-22H2,1-3H3/t24-,25+. The molecule has 10 nitrogen and oxygen atoms in total. The molecule has 1 amide bonds. The molecular weight excluding hydrogens is 602 g/mol. The number of ether oxygens (including phenoxy) is 2. The van der Waals surface area contributed by atoms with Crippen molar-refractivity contribution in [3.8, 4) is 6.01 Å². The quantitative estimate of drug-likeness (QED) is 0.340. The van der Waals surface area contributed by atoms with Crippen molar-refractivity contribution in [2.24, 2.45) is 0 Å². The molecule has 5 aliphatic rings. The van der Waals surface area contributed by atoms with E-state index in [1.807, 2.05) is 50.2 Å². The molecule has 0 N–H and O–H groups in total. The third kappa shape index (κ3) is 5.31. The summed E-state index contributed by atoms with van der Waals surface area (Å²) in [5.41, 5.74) is 2.77. The molecule has 0 aliphatic carbocycles. The fraction of sp³-hybridized carbons (Fsp3) is 0.600. The molecule has 4 fully saturated rings. The van der Waals surface area contributed by atoms with Gasteiger partial charge in [-0.15, -0.1) is 0 Å². The van der Waals surface area contributed by atoms with Gasteiger partial charge >= 0.3 is 12.1 Å². The average molecular weight is 646 g/mol. The molecule has 244 valence electrons. The minimum absolute atomic E-state index is 0.0944. The summed E-state index contributed by atoms with van der Waals surface area (Å²) in [6, 6.07) is 6.61. The van der Waals surface area contributed by atoms with Crippen molar-refractivity contribution in [2.75, 3.05) is 49.1 Å². The lowest BCUT2D eigenvalue weighted by Gasteiger charge is -2.43. The summed E-state index contributed by atoms with van der Waals surface area (Å²) in [6.07, 6.45) is 11.1. The molecule has 2 bridgehead atoms. The number of nitrogens with zero attached hydrogens (tertiary/aromatic N) is 7. The van der Waals surface area contributed by atoms with Gasteiger partial charge in [-0.3, -0.25) is 14.8 Å². The van der Waals surface area contributed by atoms with Crippen LogP contribution in [0.2, 0.25) is 5.02 Å². The fourth-order valence-electron chi connectivity index (χ4n) is 8.68. The first kappa shape index (κ1) is 30.0. The van der Waals surface area contributed by atoms with Crippen LogP contribution in [0.25, 0.3) is 10.8 Å². The number of piperazine rings is 1. The number of pyridine rings is 1. The van der Waals surface area contributed by atoms with Gasteiger partial charge in [-0.25, -0.2) is 4.79 Å². The zero-order valence-electron chi connectivity index (χ0n) is 27.2. The summed E-state index contributed by atoms with van der Waals surface area (Å²) in [7, 11) is 0. The van der Waals surface area contributed by atoms with E-state index in [9.17, 15) is 4.79 Å². The molecule has 0 spiro atoms. The predicted octanol–water partition coefficient (Wildman–Crippen LogP) is 5.84. The van der Waals surface area contributed by atoms with E-state index in [2.05, 4.69) is 25.8 Å². The first-order valence-corrected chi connectivity index (χ1v) is 17.4. The van der Waals surface area contributed by atoms with Gasteiger partial charge in [0.2, 0.25) is 0 Å². The molecule has 3 aromatic rings. The normalized spacial score (nSPS) is 24.0. The Labute approximate surface area is 276 Å². The SMILES string of the molecule is CC(C)(C)OC(=O)N1[C@@H]2CC[C@H]1CN(c1nc(OCC34CCCN3CCC4)nc3c1CCN(c1cncc4cccc(Cl)c14)C3)C2. The molecule has 11 heteroatoms. The van der Waals surface area contributed by atoms with Crippen molar-refractivity contribution in [3.05, 3.63) is 46.9 Å². The third-order valence-electron chi connectivity index (χ3n) is 10.7. The van der Waals surface area contributed by atoms with Gasteiger partial charge in [-0.05, 0) is 84.9 Å². The van der Waals surface area contributed by atoms with Crippen LogP contribution < -0.4 is 14.5 Å². The van der Waals surface area contributed by atoms with Gasteiger partial charge in [0, 0.05) is 42.2 Å². The van der Waals surface area contributed by atoms with Crippen molar-refractivity contribution in [3.63, 3.8) is 0 Å². The monoisotopic (exact) mass is 645 g/mol. The van der Waals surface area contributed by atoms with Gasteiger partial charge in [-0.1, -0.05) is 23.7 Å². The molecule has 8 rings (SSSR count). The van der Waals surface area contributed by atoms with E-state index in [0.717, 1.165) is 85.0 Å². The first-order valence-electron chi connectivity index (χ1n) is 17.0. The lowest BCUT2D eigenvalue weighted by molar-refractivity contribution is 0.0122. The van der Waals surface area contributed by atoms with E-state index >= 15 is 0 Å². The molecule has 2 aromatic heterocycles. The Balaban J connectivity index is 1.11. The maximum Gasteiger partial charge on any atom is 0.410 e. The van der Waals surface area contributed by atoms with Gasteiger partial charge < -0.3 is 19.3 Å². The third-order valence-corrected chi connectivity index (χ3v) is 11.1. The van der Waals surface area contributed by atoms with Crippen LogP contribution in [0.15, 0.2) is 30.6 Å². The van der Waals surface area contributed by atoms with Crippen molar-refractivity contribution < 1.29 is 14.3 Å². The Hall–Kier alpha value is -3.37. The second kappa shape index (κ2) is 11.4. The van der Waals surface area contributed by atoms with Gasteiger partial charge in [-0.2, -0.15) is 9.97 Å². The maximum atomic E-state index is 13.2. The highest BCUT2D eigenvalue weighted by Gasteiger charge is 2.47. The number of carbonyl (C=O) groups excluding carboxylic acids is 1. The Bertz CT molecular complexity index is 1630. The van der Waals surface area contributed by atoms with Crippen molar-refractivity contribution in [2.45, 2.75) is 95.5 Å². The lowest BCUT2D eigenvalue weighted by atomic mass is 9.95. The second-order valence-electron chi connectivity index (χ2n) is 14.8. The molecule has 0 radical (unpaired) electrons. The molecule has 1 aromatic carbocycles. The number of benzene rings is 1. The molecule has 46 heavy (non-hydrogen) atoms. The number of hydrogen-bond donors (Lipinski definition) is 0. The Morgan fingerprint density at radius 2 is 1.78 bits per heavy atom. The highest BCUT2D eigenvalue weighted by molar-refractivity contribution is 6.36. The Kier molecular flexibility index (Phi) is 7.44. The first-order chi connectivity index (χ1) is 22.2. The number of hydrogen-bond acceptors (Lipinski definition) is 9. The van der Waals surface area contributed by atoms with Crippen LogP contribution in [0, 0.1) is 0 Å². The molecule has 4 saturated heterocycles. The summed E-state index contributed by atoms with van der Waals surface area (Å²) >= 11 is 6.74. The lowest BCUT2D eigenvalue weighted by Crippen LogP contribution is -2.57. The zero-order valence-corrected chi connectivity index (χ0v) is 27.9. The largest absolute Gasteiger partial charge is 0.461 e. The number of fused-ring (bicyclic) bond motifs is 5. The Morgan fingerprint density at radius 1 is 1.02 bits per heavy atom. The van der Waals surface area contributed by atoms with Crippen LogP contribution in [0.4, 0.5) is 16.3 Å². The summed E-state index contributed by atoms with van der Waals surface area (Å²) in [4.78, 5) is 37.3. The van der Waals surface area contributed by atoms with Crippen molar-refractivity contribution in [1.82, 2.24) is 24.8 Å². The topological polar surface area (TPSA) is 87.2 Å². The fourth-order valence-corrected chi connectivity index (χ4v) is 8.96. The molecule has 5 aliphatic heterocycles. The van der Waals surface area contributed by atoms with Crippen molar-refractivity contribution >= 4 is 40.0 Å². The number of rotatable bonds is 5. The van der Waals surface area contributed by atoms with Crippen LogP contribution in [-0.4, -0.2) is 93.4 Å².